The number of aryl methyl sites for hydroxylation is 1. The number of alkyl halides is 1. The molecular weight excluding hydrogens is 200 g/mol. The molecule has 0 saturated heterocycles. The van der Waals surface area contributed by atoms with Crippen LogP contribution in [-0.4, -0.2) is 12.9 Å². The summed E-state index contributed by atoms with van der Waals surface area (Å²) in [7, 11) is 1.57. The molecule has 1 aromatic rings. The van der Waals surface area contributed by atoms with Crippen LogP contribution in [-0.2, 0) is 4.79 Å². The lowest BCUT2D eigenvalue weighted by atomic mass is 10.0. The van der Waals surface area contributed by atoms with Crippen molar-refractivity contribution in [3.63, 3.8) is 0 Å². The van der Waals surface area contributed by atoms with Crippen LogP contribution in [0.4, 0.5) is 0 Å². The number of hydrogen-bond acceptors (Lipinski definition) is 2. The molecule has 0 aliphatic heterocycles. The summed E-state index contributed by atoms with van der Waals surface area (Å²) in [6, 6.07) is 5.60. The van der Waals surface area contributed by atoms with Crippen molar-refractivity contribution in [3.05, 3.63) is 29.3 Å². The molecule has 0 radical (unpaired) electrons. The average molecular weight is 213 g/mol. The number of hydrogen-bond donors (Lipinski definition) is 0. The first-order chi connectivity index (χ1) is 6.57. The maximum atomic E-state index is 11.2. The van der Waals surface area contributed by atoms with Gasteiger partial charge in [-0.25, -0.2) is 0 Å². The predicted octanol–water partition coefficient (Wildman–Crippen LogP) is 2.87. The number of halogens is 1. The Hall–Kier alpha value is -1.02. The molecular formula is C11H13ClO2. The van der Waals surface area contributed by atoms with E-state index in [-0.39, 0.29) is 5.78 Å². The number of ether oxygens (including phenoxy) is 1. The van der Waals surface area contributed by atoms with E-state index in [4.69, 9.17) is 16.3 Å². The van der Waals surface area contributed by atoms with Gasteiger partial charge in [-0.15, -0.1) is 11.6 Å². The van der Waals surface area contributed by atoms with Crippen molar-refractivity contribution in [1.29, 1.82) is 0 Å². The molecule has 0 bridgehead atoms. The van der Waals surface area contributed by atoms with Crippen molar-refractivity contribution in [1.82, 2.24) is 0 Å². The van der Waals surface area contributed by atoms with Crippen molar-refractivity contribution in [3.8, 4) is 5.75 Å². The van der Waals surface area contributed by atoms with Gasteiger partial charge >= 0.3 is 0 Å². The van der Waals surface area contributed by atoms with Crippen LogP contribution in [0.1, 0.15) is 23.4 Å². The van der Waals surface area contributed by atoms with Gasteiger partial charge in [-0.3, -0.25) is 4.79 Å². The largest absolute Gasteiger partial charge is 0.496 e. The van der Waals surface area contributed by atoms with Crippen LogP contribution in [0.2, 0.25) is 0 Å². The van der Waals surface area contributed by atoms with Crippen LogP contribution in [0.15, 0.2) is 18.2 Å². The van der Waals surface area contributed by atoms with E-state index in [0.717, 1.165) is 11.1 Å². The molecule has 1 unspecified atom stereocenters. The van der Waals surface area contributed by atoms with Crippen LogP contribution in [0.5, 0.6) is 5.75 Å². The summed E-state index contributed by atoms with van der Waals surface area (Å²) in [5, 5.41) is -0.619. The molecule has 76 valence electrons. The van der Waals surface area contributed by atoms with Crippen LogP contribution >= 0.6 is 11.6 Å². The molecule has 1 atom stereocenters. The van der Waals surface area contributed by atoms with Gasteiger partial charge in [0, 0.05) is 5.56 Å². The van der Waals surface area contributed by atoms with Crippen molar-refractivity contribution < 1.29 is 9.53 Å². The van der Waals surface area contributed by atoms with Gasteiger partial charge in [0.1, 0.15) is 11.1 Å². The number of carbonyl (C=O) groups is 1. The third-order valence-electron chi connectivity index (χ3n) is 2.11. The SMILES string of the molecule is COc1cccc(C)c1C(Cl)C(C)=O. The lowest BCUT2D eigenvalue weighted by Crippen LogP contribution is -2.05. The second-order valence-corrected chi connectivity index (χ2v) is 3.60. The second kappa shape index (κ2) is 4.47. The quantitative estimate of drug-likeness (QED) is 0.721. The highest BCUT2D eigenvalue weighted by atomic mass is 35.5. The molecule has 1 rings (SSSR count). The van der Waals surface area contributed by atoms with Gasteiger partial charge < -0.3 is 4.74 Å². The molecule has 0 aliphatic rings. The van der Waals surface area contributed by atoms with E-state index in [1.165, 1.54) is 6.92 Å². The number of ketones is 1. The van der Waals surface area contributed by atoms with E-state index in [1.807, 2.05) is 19.1 Å². The first-order valence-corrected chi connectivity index (χ1v) is 4.79. The Morgan fingerprint density at radius 1 is 1.50 bits per heavy atom. The van der Waals surface area contributed by atoms with E-state index >= 15 is 0 Å². The standard InChI is InChI=1S/C11H13ClO2/c1-7-5-4-6-9(14-3)10(7)11(12)8(2)13/h4-6,11H,1-3H3. The Kier molecular flexibility index (Phi) is 3.53. The summed E-state index contributed by atoms with van der Waals surface area (Å²) in [4.78, 5) is 11.2. The van der Waals surface area contributed by atoms with Gasteiger partial charge in [-0.05, 0) is 25.5 Å². The molecule has 0 fully saturated rings. The van der Waals surface area contributed by atoms with Gasteiger partial charge in [0.15, 0.2) is 5.78 Å². The molecule has 0 heterocycles. The average Bonchev–Trinajstić information content (AvgIpc) is 2.16. The predicted molar refractivity (Wildman–Crippen MR) is 57.0 cm³/mol. The van der Waals surface area contributed by atoms with Gasteiger partial charge in [-0.2, -0.15) is 0 Å². The zero-order valence-corrected chi connectivity index (χ0v) is 9.26. The minimum absolute atomic E-state index is 0.0701. The number of carbonyl (C=O) groups excluding carboxylic acids is 1. The minimum Gasteiger partial charge on any atom is -0.496 e. The molecule has 0 spiro atoms. The van der Waals surface area contributed by atoms with Crippen LogP contribution in [0, 0.1) is 6.92 Å². The number of benzene rings is 1. The van der Waals surface area contributed by atoms with Crippen molar-refractivity contribution in [2.45, 2.75) is 19.2 Å². The first kappa shape index (κ1) is 11.1. The highest BCUT2D eigenvalue weighted by Crippen LogP contribution is 2.32. The molecule has 0 aliphatic carbocycles. The Labute approximate surface area is 88.8 Å². The van der Waals surface area contributed by atoms with E-state index in [1.54, 1.807) is 13.2 Å². The van der Waals surface area contributed by atoms with Crippen molar-refractivity contribution >= 4 is 17.4 Å². The second-order valence-electron chi connectivity index (χ2n) is 3.16. The van der Waals surface area contributed by atoms with E-state index in [2.05, 4.69) is 0 Å². The molecule has 1 aromatic carbocycles. The third kappa shape index (κ3) is 2.07. The fourth-order valence-corrected chi connectivity index (χ4v) is 1.64. The van der Waals surface area contributed by atoms with Gasteiger partial charge in [0.25, 0.3) is 0 Å². The molecule has 2 nitrogen and oxygen atoms in total. The van der Waals surface area contributed by atoms with Gasteiger partial charge in [0.2, 0.25) is 0 Å². The molecule has 0 aromatic heterocycles. The van der Waals surface area contributed by atoms with Crippen LogP contribution in [0.25, 0.3) is 0 Å². The number of rotatable bonds is 3. The monoisotopic (exact) mass is 212 g/mol. The molecule has 14 heavy (non-hydrogen) atoms. The summed E-state index contributed by atoms with van der Waals surface area (Å²) in [6.45, 7) is 3.39. The third-order valence-corrected chi connectivity index (χ3v) is 2.64. The topological polar surface area (TPSA) is 26.3 Å². The highest BCUT2D eigenvalue weighted by Gasteiger charge is 2.19. The van der Waals surface area contributed by atoms with Gasteiger partial charge in [0.05, 0.1) is 7.11 Å². The summed E-state index contributed by atoms with van der Waals surface area (Å²) in [5.41, 5.74) is 1.74. The Balaban J connectivity index is 3.23. The van der Waals surface area contributed by atoms with Crippen molar-refractivity contribution in [2.24, 2.45) is 0 Å². The number of methoxy groups -OCH3 is 1. The van der Waals surface area contributed by atoms with E-state index in [9.17, 15) is 4.79 Å². The zero-order valence-electron chi connectivity index (χ0n) is 8.50. The molecule has 3 heteroatoms. The Morgan fingerprint density at radius 3 is 2.64 bits per heavy atom. The van der Waals surface area contributed by atoms with Gasteiger partial charge in [-0.1, -0.05) is 12.1 Å². The lowest BCUT2D eigenvalue weighted by molar-refractivity contribution is -0.116. The normalized spacial score (nSPS) is 12.3. The maximum Gasteiger partial charge on any atom is 0.152 e. The minimum atomic E-state index is -0.619. The van der Waals surface area contributed by atoms with Crippen LogP contribution in [0.3, 0.4) is 0 Å². The highest BCUT2D eigenvalue weighted by molar-refractivity contribution is 6.31. The lowest BCUT2D eigenvalue weighted by Gasteiger charge is -2.14. The summed E-state index contributed by atoms with van der Waals surface area (Å²) >= 11 is 6.00. The summed E-state index contributed by atoms with van der Waals surface area (Å²) < 4.78 is 5.16. The first-order valence-electron chi connectivity index (χ1n) is 4.36. The fraction of sp³-hybridized carbons (Fsp3) is 0.364. The van der Waals surface area contributed by atoms with E-state index in [0.29, 0.717) is 5.75 Å². The zero-order chi connectivity index (χ0) is 10.7. The van der Waals surface area contributed by atoms with E-state index < -0.39 is 5.38 Å². The summed E-state index contributed by atoms with van der Waals surface area (Å²) in [6.07, 6.45) is 0. The number of Topliss-reactive ketones (excluding diaryl/α,β-unsaturated/α-hetero) is 1. The molecule has 0 N–H and O–H groups in total. The fourth-order valence-electron chi connectivity index (χ4n) is 1.36. The maximum absolute atomic E-state index is 11.2. The molecule has 0 amide bonds. The van der Waals surface area contributed by atoms with Crippen LogP contribution < -0.4 is 4.74 Å². The summed E-state index contributed by atoms with van der Waals surface area (Å²) in [5.74, 6) is 0.597. The molecule has 0 saturated carbocycles. The Bertz CT molecular complexity index is 347. The smallest absolute Gasteiger partial charge is 0.152 e. The van der Waals surface area contributed by atoms with Crippen molar-refractivity contribution in [2.75, 3.05) is 7.11 Å². The Morgan fingerprint density at radius 2 is 2.14 bits per heavy atom.